The van der Waals surface area contributed by atoms with Gasteiger partial charge in [0.15, 0.2) is 0 Å². The molecule has 1 aromatic heterocycles. The number of halogens is 2. The summed E-state index contributed by atoms with van der Waals surface area (Å²) in [5.74, 6) is 0.145. The molecule has 0 spiro atoms. The Bertz CT molecular complexity index is 802. The van der Waals surface area contributed by atoms with E-state index in [4.69, 9.17) is 27.6 Å². The maximum atomic E-state index is 12.2. The van der Waals surface area contributed by atoms with Crippen molar-refractivity contribution in [3.8, 4) is 11.5 Å². The minimum atomic E-state index is -0.254. The molecule has 0 saturated heterocycles. The first-order valence-electron chi connectivity index (χ1n) is 6.26. The van der Waals surface area contributed by atoms with Crippen LogP contribution in [0, 0.1) is 0 Å². The number of anilines is 1. The van der Waals surface area contributed by atoms with Crippen molar-refractivity contribution in [3.63, 3.8) is 0 Å². The topological polar surface area (TPSA) is 68.0 Å². The highest BCUT2D eigenvalue weighted by Gasteiger charge is 2.09. The van der Waals surface area contributed by atoms with E-state index >= 15 is 0 Å². The van der Waals surface area contributed by atoms with Crippen molar-refractivity contribution < 1.29 is 9.21 Å². The van der Waals surface area contributed by atoms with E-state index < -0.39 is 0 Å². The van der Waals surface area contributed by atoms with Crippen molar-refractivity contribution in [2.24, 2.45) is 0 Å². The van der Waals surface area contributed by atoms with Crippen LogP contribution in [-0.4, -0.2) is 16.1 Å². The van der Waals surface area contributed by atoms with Crippen LogP contribution >= 0.6 is 23.2 Å². The number of carbonyl (C=O) groups is 1. The second-order valence-corrected chi connectivity index (χ2v) is 5.22. The van der Waals surface area contributed by atoms with Gasteiger partial charge in [0.05, 0.1) is 10.0 Å². The molecule has 0 unspecified atom stereocenters. The molecular formula is C15H9Cl2N3O2. The normalized spacial score (nSPS) is 10.5. The molecule has 0 aliphatic rings. The predicted molar refractivity (Wildman–Crippen MR) is 84.1 cm³/mol. The van der Waals surface area contributed by atoms with Gasteiger partial charge >= 0.3 is 0 Å². The number of carbonyl (C=O) groups excluding carboxylic acids is 1. The van der Waals surface area contributed by atoms with Gasteiger partial charge in [0.1, 0.15) is 0 Å². The first-order chi connectivity index (χ1) is 10.6. The van der Waals surface area contributed by atoms with Gasteiger partial charge in [-0.3, -0.25) is 4.79 Å². The van der Waals surface area contributed by atoms with Crippen LogP contribution in [0.4, 0.5) is 5.69 Å². The van der Waals surface area contributed by atoms with E-state index in [9.17, 15) is 4.79 Å². The summed E-state index contributed by atoms with van der Waals surface area (Å²) in [6.45, 7) is 0. The summed E-state index contributed by atoms with van der Waals surface area (Å²) in [5.41, 5.74) is 1.80. The molecule has 3 aromatic rings. The Morgan fingerprint density at radius 2 is 1.82 bits per heavy atom. The first kappa shape index (κ1) is 14.6. The first-order valence-corrected chi connectivity index (χ1v) is 7.02. The summed E-state index contributed by atoms with van der Waals surface area (Å²) in [7, 11) is 0. The molecule has 2 aromatic carbocycles. The van der Waals surface area contributed by atoms with Crippen LogP contribution in [0.1, 0.15) is 10.4 Å². The van der Waals surface area contributed by atoms with Crippen molar-refractivity contribution in [2.45, 2.75) is 0 Å². The third-order valence-corrected chi connectivity index (χ3v) is 3.67. The number of hydrogen-bond donors (Lipinski definition) is 1. The molecular weight excluding hydrogens is 325 g/mol. The fraction of sp³-hybridized carbons (Fsp3) is 0. The molecule has 0 aliphatic carbocycles. The molecule has 0 radical (unpaired) electrons. The predicted octanol–water partition coefficient (Wildman–Crippen LogP) is 4.30. The van der Waals surface area contributed by atoms with E-state index in [-0.39, 0.29) is 5.91 Å². The van der Waals surface area contributed by atoms with E-state index in [1.165, 1.54) is 6.39 Å². The van der Waals surface area contributed by atoms with Crippen LogP contribution in [0.25, 0.3) is 11.5 Å². The van der Waals surface area contributed by atoms with E-state index in [2.05, 4.69) is 15.5 Å². The monoisotopic (exact) mass is 333 g/mol. The smallest absolute Gasteiger partial charge is 0.255 e. The molecule has 3 rings (SSSR count). The minimum absolute atomic E-state index is 0.254. The lowest BCUT2D eigenvalue weighted by Gasteiger charge is -2.06. The number of rotatable bonds is 3. The molecule has 5 nitrogen and oxygen atoms in total. The Morgan fingerprint density at radius 3 is 2.45 bits per heavy atom. The molecule has 0 saturated carbocycles. The summed E-state index contributed by atoms with van der Waals surface area (Å²) >= 11 is 11.8. The van der Waals surface area contributed by atoms with E-state index in [0.29, 0.717) is 27.2 Å². The highest BCUT2D eigenvalue weighted by atomic mass is 35.5. The lowest BCUT2D eigenvalue weighted by Crippen LogP contribution is -2.11. The van der Waals surface area contributed by atoms with Gasteiger partial charge in [-0.1, -0.05) is 23.2 Å². The van der Waals surface area contributed by atoms with Gasteiger partial charge in [0, 0.05) is 16.8 Å². The molecule has 1 heterocycles. The average Bonchev–Trinajstić information content (AvgIpc) is 3.05. The molecule has 0 bridgehead atoms. The third kappa shape index (κ3) is 3.10. The Kier molecular flexibility index (Phi) is 4.09. The second-order valence-electron chi connectivity index (χ2n) is 4.40. The van der Waals surface area contributed by atoms with E-state index in [1.807, 2.05) is 0 Å². The van der Waals surface area contributed by atoms with Gasteiger partial charge in [-0.2, -0.15) is 0 Å². The Morgan fingerprint density at radius 1 is 1.05 bits per heavy atom. The molecule has 1 N–H and O–H groups in total. The molecule has 7 heteroatoms. The fourth-order valence-electron chi connectivity index (χ4n) is 1.84. The molecule has 1 amide bonds. The summed E-state index contributed by atoms with van der Waals surface area (Å²) in [6.07, 6.45) is 1.25. The maximum absolute atomic E-state index is 12.2. The number of hydrogen-bond acceptors (Lipinski definition) is 4. The largest absolute Gasteiger partial charge is 0.423 e. The Balaban J connectivity index is 1.76. The van der Waals surface area contributed by atoms with Crippen molar-refractivity contribution >= 4 is 34.8 Å². The molecule has 0 atom stereocenters. The number of amides is 1. The van der Waals surface area contributed by atoms with Crippen molar-refractivity contribution in [1.82, 2.24) is 10.2 Å². The number of aromatic nitrogens is 2. The van der Waals surface area contributed by atoms with Gasteiger partial charge in [0.2, 0.25) is 12.3 Å². The van der Waals surface area contributed by atoms with Crippen LogP contribution in [0.3, 0.4) is 0 Å². The van der Waals surface area contributed by atoms with Crippen molar-refractivity contribution in [1.29, 1.82) is 0 Å². The van der Waals surface area contributed by atoms with Crippen molar-refractivity contribution in [2.75, 3.05) is 5.32 Å². The van der Waals surface area contributed by atoms with Gasteiger partial charge in [-0.15, -0.1) is 10.2 Å². The van der Waals surface area contributed by atoms with Gasteiger partial charge in [0.25, 0.3) is 5.91 Å². The van der Waals surface area contributed by atoms with Crippen LogP contribution in [0.5, 0.6) is 0 Å². The van der Waals surface area contributed by atoms with Crippen LogP contribution < -0.4 is 5.32 Å². The Hall–Kier alpha value is -2.37. The number of benzene rings is 2. The number of nitrogens with one attached hydrogen (secondary N) is 1. The SMILES string of the molecule is O=C(Nc1ccc(Cl)c(Cl)c1)c1ccc(-c2nnco2)cc1. The lowest BCUT2D eigenvalue weighted by atomic mass is 10.1. The molecule has 0 fully saturated rings. The average molecular weight is 334 g/mol. The molecule has 110 valence electrons. The van der Waals surface area contributed by atoms with Crippen LogP contribution in [0.15, 0.2) is 53.3 Å². The summed E-state index contributed by atoms with van der Waals surface area (Å²) in [6, 6.07) is 11.7. The summed E-state index contributed by atoms with van der Waals surface area (Å²) < 4.78 is 5.09. The highest BCUT2D eigenvalue weighted by Crippen LogP contribution is 2.25. The maximum Gasteiger partial charge on any atom is 0.255 e. The zero-order valence-corrected chi connectivity index (χ0v) is 12.6. The lowest BCUT2D eigenvalue weighted by molar-refractivity contribution is 0.102. The molecule has 22 heavy (non-hydrogen) atoms. The zero-order chi connectivity index (χ0) is 15.5. The van der Waals surface area contributed by atoms with Gasteiger partial charge in [-0.05, 0) is 42.5 Å². The summed E-state index contributed by atoms with van der Waals surface area (Å²) in [4.78, 5) is 12.2. The van der Waals surface area contributed by atoms with Crippen LogP contribution in [0.2, 0.25) is 10.0 Å². The minimum Gasteiger partial charge on any atom is -0.423 e. The van der Waals surface area contributed by atoms with Gasteiger partial charge < -0.3 is 9.73 Å². The van der Waals surface area contributed by atoms with E-state index in [1.54, 1.807) is 42.5 Å². The Labute approximate surface area is 135 Å². The number of nitrogens with zero attached hydrogens (tertiary/aromatic N) is 2. The fourth-order valence-corrected chi connectivity index (χ4v) is 2.14. The third-order valence-electron chi connectivity index (χ3n) is 2.93. The standard InChI is InChI=1S/C15H9Cl2N3O2/c16-12-6-5-11(7-13(12)17)19-14(21)9-1-3-10(4-2-9)15-20-18-8-22-15/h1-8H,(H,19,21). The molecule has 0 aliphatic heterocycles. The van der Waals surface area contributed by atoms with Crippen molar-refractivity contribution in [3.05, 3.63) is 64.5 Å². The second kappa shape index (κ2) is 6.17. The van der Waals surface area contributed by atoms with Crippen LogP contribution in [-0.2, 0) is 0 Å². The summed E-state index contributed by atoms with van der Waals surface area (Å²) in [5, 5.41) is 11.0. The van der Waals surface area contributed by atoms with E-state index in [0.717, 1.165) is 5.56 Å². The zero-order valence-electron chi connectivity index (χ0n) is 11.1. The quantitative estimate of drug-likeness (QED) is 0.776. The van der Waals surface area contributed by atoms with Gasteiger partial charge in [-0.25, -0.2) is 0 Å². The highest BCUT2D eigenvalue weighted by molar-refractivity contribution is 6.42.